The maximum absolute atomic E-state index is 11.5. The van der Waals surface area contributed by atoms with Crippen LogP contribution in [0.15, 0.2) is 24.3 Å². The Balaban J connectivity index is 2.86. The number of nitrogens with zero attached hydrogens (tertiary/aromatic N) is 3. The van der Waals surface area contributed by atoms with Gasteiger partial charge >= 0.3 is 23.9 Å². The van der Waals surface area contributed by atoms with E-state index in [1.54, 1.807) is 12.1 Å². The molecule has 1 aromatic rings. The normalized spacial score (nSPS) is 11.3. The van der Waals surface area contributed by atoms with Crippen molar-refractivity contribution in [3.63, 3.8) is 0 Å². The molecule has 0 saturated heterocycles. The number of carboxylic acid groups (broad SMARTS) is 4. The van der Waals surface area contributed by atoms with E-state index in [2.05, 4.69) is 5.32 Å². The van der Waals surface area contributed by atoms with E-state index in [9.17, 15) is 39.5 Å². The number of aliphatic carboxylic acids is 4. The van der Waals surface area contributed by atoms with Crippen molar-refractivity contribution in [3.8, 4) is 0 Å². The quantitative estimate of drug-likeness (QED) is 0.0814. The molecule has 0 heterocycles. The number of carboxylic acids is 4. The number of hydrogen-bond donors (Lipinski definition) is 5. The van der Waals surface area contributed by atoms with Gasteiger partial charge in [0.1, 0.15) is 0 Å². The van der Waals surface area contributed by atoms with Gasteiger partial charge in [-0.25, -0.2) is 9.59 Å². The van der Waals surface area contributed by atoms with E-state index in [1.807, 2.05) is 0 Å². The maximum Gasteiger partial charge on any atom is 0.359 e. The fourth-order valence-corrected chi connectivity index (χ4v) is 3.29. The second kappa shape index (κ2) is 13.0. The third-order valence-electron chi connectivity index (χ3n) is 4.79. The first-order chi connectivity index (χ1) is 15.4. The van der Waals surface area contributed by atoms with E-state index in [0.29, 0.717) is 6.54 Å². The Labute approximate surface area is 188 Å². The minimum absolute atomic E-state index is 0.0551. The SMILES string of the molecule is O=C(O)CN(CC[N+](CCNCc1ccc([N+](=O)[O-])cc1)(CC(=O)O)CC(=O)O)CC(=O)O. The van der Waals surface area contributed by atoms with Gasteiger partial charge < -0.3 is 30.2 Å². The van der Waals surface area contributed by atoms with Gasteiger partial charge in [0.05, 0.1) is 31.1 Å². The summed E-state index contributed by atoms with van der Waals surface area (Å²) >= 11 is 0. The van der Waals surface area contributed by atoms with Gasteiger partial charge in [0, 0.05) is 31.8 Å². The van der Waals surface area contributed by atoms with Crippen molar-refractivity contribution in [1.29, 1.82) is 0 Å². The average Bonchev–Trinajstić information content (AvgIpc) is 2.68. The van der Waals surface area contributed by atoms with Gasteiger partial charge in [-0.1, -0.05) is 12.1 Å². The molecule has 0 saturated carbocycles. The van der Waals surface area contributed by atoms with Gasteiger partial charge in [0.25, 0.3) is 5.69 Å². The summed E-state index contributed by atoms with van der Waals surface area (Å²) in [6.07, 6.45) is 0. The average molecular weight is 471 g/mol. The minimum atomic E-state index is -1.27. The Hall–Kier alpha value is -3.62. The van der Waals surface area contributed by atoms with Crippen molar-refractivity contribution in [2.75, 3.05) is 52.4 Å². The number of nitrogens with one attached hydrogen (secondary N) is 1. The molecule has 0 aromatic heterocycles. The van der Waals surface area contributed by atoms with E-state index in [0.717, 1.165) is 10.5 Å². The summed E-state index contributed by atoms with van der Waals surface area (Å²) in [6.45, 7) is -1.99. The van der Waals surface area contributed by atoms with Crippen LogP contribution in [0.1, 0.15) is 5.56 Å². The minimum Gasteiger partial charge on any atom is -0.480 e. The smallest absolute Gasteiger partial charge is 0.359 e. The van der Waals surface area contributed by atoms with Crippen LogP contribution in [0.5, 0.6) is 0 Å². The number of non-ortho nitro benzene ring substituents is 1. The summed E-state index contributed by atoms with van der Waals surface area (Å²) in [6, 6.07) is 5.78. The van der Waals surface area contributed by atoms with E-state index < -0.39 is 59.5 Å². The predicted molar refractivity (Wildman–Crippen MR) is 112 cm³/mol. The highest BCUT2D eigenvalue weighted by Gasteiger charge is 2.34. The van der Waals surface area contributed by atoms with Gasteiger partial charge in [-0.05, 0) is 5.56 Å². The third-order valence-corrected chi connectivity index (χ3v) is 4.79. The molecule has 14 heteroatoms. The van der Waals surface area contributed by atoms with Gasteiger partial charge in [-0.3, -0.25) is 24.6 Å². The van der Waals surface area contributed by atoms with Crippen LogP contribution in [-0.2, 0) is 25.7 Å². The number of hydrogen-bond acceptors (Lipinski definition) is 8. The number of nitro groups is 1. The molecule has 0 aliphatic heterocycles. The van der Waals surface area contributed by atoms with Crippen LogP contribution < -0.4 is 5.32 Å². The molecule has 0 radical (unpaired) electrons. The zero-order valence-corrected chi connectivity index (χ0v) is 17.8. The van der Waals surface area contributed by atoms with Gasteiger partial charge in [0.15, 0.2) is 13.1 Å². The first-order valence-electron chi connectivity index (χ1n) is 9.81. The van der Waals surface area contributed by atoms with Gasteiger partial charge in [0.2, 0.25) is 0 Å². The van der Waals surface area contributed by atoms with Crippen LogP contribution in [-0.4, -0.2) is 111 Å². The van der Waals surface area contributed by atoms with Crippen LogP contribution >= 0.6 is 0 Å². The fourth-order valence-electron chi connectivity index (χ4n) is 3.29. The van der Waals surface area contributed by atoms with E-state index in [1.165, 1.54) is 12.1 Å². The zero-order valence-electron chi connectivity index (χ0n) is 17.8. The topological polar surface area (TPSA) is 208 Å². The molecule has 0 fully saturated rings. The molecule has 0 spiro atoms. The molecule has 0 atom stereocenters. The molecule has 14 nitrogen and oxygen atoms in total. The maximum atomic E-state index is 11.5. The van der Waals surface area contributed by atoms with Crippen molar-refractivity contribution < 1.29 is 49.0 Å². The lowest BCUT2D eigenvalue weighted by Crippen LogP contribution is -2.59. The highest BCUT2D eigenvalue weighted by molar-refractivity contribution is 5.72. The zero-order chi connectivity index (χ0) is 25.0. The van der Waals surface area contributed by atoms with E-state index in [-0.39, 0.29) is 31.9 Å². The molecule has 1 rings (SSSR count). The Morgan fingerprint density at radius 2 is 1.39 bits per heavy atom. The third kappa shape index (κ3) is 11.0. The number of rotatable bonds is 17. The molecular formula is C19H27N4O10+. The highest BCUT2D eigenvalue weighted by Crippen LogP contribution is 2.12. The first-order valence-corrected chi connectivity index (χ1v) is 9.81. The highest BCUT2D eigenvalue weighted by atomic mass is 16.6. The molecule has 1 aromatic carbocycles. The number of carbonyl (C=O) groups is 4. The Morgan fingerprint density at radius 3 is 1.82 bits per heavy atom. The lowest BCUT2D eigenvalue weighted by atomic mass is 10.2. The summed E-state index contributed by atoms with van der Waals surface area (Å²) < 4.78 is -0.437. The summed E-state index contributed by atoms with van der Waals surface area (Å²) in [5, 5.41) is 50.4. The Kier molecular flexibility index (Phi) is 10.8. The largest absolute Gasteiger partial charge is 0.480 e. The number of nitro benzene ring substituents is 1. The van der Waals surface area contributed by atoms with Crippen molar-refractivity contribution in [3.05, 3.63) is 39.9 Å². The lowest BCUT2D eigenvalue weighted by Gasteiger charge is -2.37. The molecule has 0 bridgehead atoms. The standard InChI is InChI=1S/C19H26N4O10/c24-16(25)10-21(11-17(26)27)6-8-23(12-18(28)29,13-19(30)31)7-5-20-9-14-1-3-15(4-2-14)22(32)33/h1-4,20H,5-13H2,(H3-,24,25,26,27,28,29,30,31)/p+1. The van der Waals surface area contributed by atoms with Crippen molar-refractivity contribution >= 4 is 29.6 Å². The number of benzene rings is 1. The van der Waals surface area contributed by atoms with Crippen molar-refractivity contribution in [2.24, 2.45) is 0 Å². The van der Waals surface area contributed by atoms with Crippen LogP contribution in [0.2, 0.25) is 0 Å². The van der Waals surface area contributed by atoms with Crippen LogP contribution in [0.3, 0.4) is 0 Å². The molecular weight excluding hydrogens is 444 g/mol. The monoisotopic (exact) mass is 471 g/mol. The number of quaternary nitrogens is 1. The molecule has 33 heavy (non-hydrogen) atoms. The molecule has 0 aliphatic rings. The van der Waals surface area contributed by atoms with Crippen molar-refractivity contribution in [2.45, 2.75) is 6.54 Å². The first kappa shape index (κ1) is 27.4. The van der Waals surface area contributed by atoms with Gasteiger partial charge in [-0.2, -0.15) is 0 Å². The fraction of sp³-hybridized carbons (Fsp3) is 0.474. The van der Waals surface area contributed by atoms with Crippen LogP contribution in [0.25, 0.3) is 0 Å². The van der Waals surface area contributed by atoms with Crippen LogP contribution in [0.4, 0.5) is 5.69 Å². The molecule has 0 unspecified atom stereocenters. The predicted octanol–water partition coefficient (Wildman–Crippen LogP) is -0.858. The van der Waals surface area contributed by atoms with Crippen LogP contribution in [0, 0.1) is 10.1 Å². The molecule has 182 valence electrons. The summed E-state index contributed by atoms with van der Waals surface area (Å²) in [5.41, 5.74) is 0.661. The lowest BCUT2D eigenvalue weighted by molar-refractivity contribution is -0.913. The molecule has 5 N–H and O–H groups in total. The molecule has 0 amide bonds. The molecule has 0 aliphatic carbocycles. The Bertz CT molecular complexity index is 827. The summed E-state index contributed by atoms with van der Waals surface area (Å²) in [5.74, 6) is -5.05. The summed E-state index contributed by atoms with van der Waals surface area (Å²) in [7, 11) is 0. The summed E-state index contributed by atoms with van der Waals surface area (Å²) in [4.78, 5) is 56.2. The van der Waals surface area contributed by atoms with Crippen molar-refractivity contribution in [1.82, 2.24) is 10.2 Å². The Morgan fingerprint density at radius 1 is 0.879 bits per heavy atom. The van der Waals surface area contributed by atoms with E-state index in [4.69, 9.17) is 10.2 Å². The van der Waals surface area contributed by atoms with E-state index >= 15 is 0 Å². The van der Waals surface area contributed by atoms with Gasteiger partial charge in [-0.15, -0.1) is 0 Å². The second-order valence-corrected chi connectivity index (χ2v) is 7.49. The second-order valence-electron chi connectivity index (χ2n) is 7.49.